The molecule has 0 bridgehead atoms. The fourth-order valence-corrected chi connectivity index (χ4v) is 1.60. The predicted molar refractivity (Wildman–Crippen MR) is 52.4 cm³/mol. The van der Waals surface area contributed by atoms with Crippen LogP contribution in [0, 0.1) is 13.8 Å². The number of rotatable bonds is 0. The van der Waals surface area contributed by atoms with Crippen molar-refractivity contribution in [3.63, 3.8) is 0 Å². The molecule has 2 rings (SSSR count). The van der Waals surface area contributed by atoms with Gasteiger partial charge >= 0.3 is 0 Å². The lowest BCUT2D eigenvalue weighted by molar-refractivity contribution is 1.15. The van der Waals surface area contributed by atoms with Gasteiger partial charge in [-0.15, -0.1) is 0 Å². The molecule has 1 aromatic rings. The summed E-state index contributed by atoms with van der Waals surface area (Å²) in [6.45, 7) is 4.35. The number of fused-ring (bicyclic) bond motifs is 1. The Bertz CT molecular complexity index is 337. The van der Waals surface area contributed by atoms with Gasteiger partial charge in [0.05, 0.1) is 0 Å². The highest BCUT2D eigenvalue weighted by molar-refractivity contribution is 5.60. The number of anilines is 1. The van der Waals surface area contributed by atoms with Gasteiger partial charge in [0.1, 0.15) is 0 Å². The maximum Gasteiger partial charge on any atom is 0.0418 e. The van der Waals surface area contributed by atoms with Crippen LogP contribution < -0.4 is 5.32 Å². The summed E-state index contributed by atoms with van der Waals surface area (Å²) in [7, 11) is 0. The summed E-state index contributed by atoms with van der Waals surface area (Å²) >= 11 is 0. The van der Waals surface area contributed by atoms with E-state index in [0.29, 0.717) is 0 Å². The fourth-order valence-electron chi connectivity index (χ4n) is 1.60. The molecule has 0 saturated heterocycles. The van der Waals surface area contributed by atoms with Gasteiger partial charge < -0.3 is 5.32 Å². The lowest BCUT2D eigenvalue weighted by Gasteiger charge is -2.16. The highest BCUT2D eigenvalue weighted by Crippen LogP contribution is 2.25. The Morgan fingerprint density at radius 3 is 2.92 bits per heavy atom. The highest BCUT2D eigenvalue weighted by atomic mass is 14.8. The van der Waals surface area contributed by atoms with Crippen LogP contribution in [0.25, 0.3) is 0 Å². The number of hydrogen-bond acceptors (Lipinski definition) is 1. The number of nitrogens with one attached hydrogen (secondary N) is 1. The van der Waals surface area contributed by atoms with Crippen LogP contribution in [-0.2, 0) is 6.42 Å². The first-order valence-electron chi connectivity index (χ1n) is 4.29. The van der Waals surface area contributed by atoms with Crippen molar-refractivity contribution in [2.45, 2.75) is 20.3 Å². The summed E-state index contributed by atoms with van der Waals surface area (Å²) in [5, 5.41) is 3.25. The lowest BCUT2D eigenvalue weighted by atomic mass is 9.97. The van der Waals surface area contributed by atoms with Crippen molar-refractivity contribution in [3.8, 4) is 0 Å². The molecule has 62 valence electrons. The number of benzene rings is 1. The van der Waals surface area contributed by atoms with E-state index < -0.39 is 0 Å². The molecule has 0 atom stereocenters. The van der Waals surface area contributed by atoms with Gasteiger partial charge in [-0.3, -0.25) is 0 Å². The van der Waals surface area contributed by atoms with Crippen molar-refractivity contribution in [3.05, 3.63) is 41.1 Å². The third-order valence-electron chi connectivity index (χ3n) is 2.55. The molecule has 1 heterocycles. The van der Waals surface area contributed by atoms with Crippen molar-refractivity contribution >= 4 is 5.69 Å². The molecular weight excluding hydrogens is 146 g/mol. The van der Waals surface area contributed by atoms with E-state index in [1.807, 2.05) is 6.20 Å². The van der Waals surface area contributed by atoms with Crippen molar-refractivity contribution in [2.75, 3.05) is 5.32 Å². The standard InChI is InChI=1S/C11H13N/c1-8-5-6-11-10(9(8)2)4-3-7-12-11/h3,5-7,12H,4H2,1-2H3. The van der Waals surface area contributed by atoms with Crippen molar-refractivity contribution in [2.24, 2.45) is 0 Å². The van der Waals surface area contributed by atoms with Gasteiger partial charge in [-0.1, -0.05) is 12.1 Å². The molecule has 0 aromatic heterocycles. The van der Waals surface area contributed by atoms with Crippen molar-refractivity contribution < 1.29 is 0 Å². The monoisotopic (exact) mass is 159 g/mol. The Kier molecular flexibility index (Phi) is 1.65. The zero-order valence-corrected chi connectivity index (χ0v) is 7.52. The Hall–Kier alpha value is -1.24. The quantitative estimate of drug-likeness (QED) is 0.613. The number of hydrogen-bond donors (Lipinski definition) is 1. The van der Waals surface area contributed by atoms with Gasteiger partial charge in [0.25, 0.3) is 0 Å². The normalized spacial score (nSPS) is 13.8. The molecule has 0 fully saturated rings. The summed E-state index contributed by atoms with van der Waals surface area (Å²) in [6.07, 6.45) is 5.24. The van der Waals surface area contributed by atoms with Gasteiger partial charge in [0, 0.05) is 5.69 Å². The van der Waals surface area contributed by atoms with Crippen LogP contribution in [0.3, 0.4) is 0 Å². The van der Waals surface area contributed by atoms with E-state index in [1.54, 1.807) is 0 Å². The average molecular weight is 159 g/mol. The minimum absolute atomic E-state index is 1.07. The Labute approximate surface area is 73.1 Å². The van der Waals surface area contributed by atoms with E-state index in [0.717, 1.165) is 6.42 Å². The second-order valence-corrected chi connectivity index (χ2v) is 3.28. The van der Waals surface area contributed by atoms with Gasteiger partial charge in [-0.25, -0.2) is 0 Å². The van der Waals surface area contributed by atoms with E-state index in [2.05, 4.69) is 37.4 Å². The Morgan fingerprint density at radius 2 is 2.08 bits per heavy atom. The zero-order valence-electron chi connectivity index (χ0n) is 7.52. The Morgan fingerprint density at radius 1 is 1.25 bits per heavy atom. The first-order chi connectivity index (χ1) is 5.79. The van der Waals surface area contributed by atoms with Crippen LogP contribution in [0.2, 0.25) is 0 Å². The van der Waals surface area contributed by atoms with Crippen molar-refractivity contribution in [1.82, 2.24) is 0 Å². The molecule has 1 aliphatic heterocycles. The summed E-state index contributed by atoms with van der Waals surface area (Å²) in [4.78, 5) is 0. The zero-order chi connectivity index (χ0) is 8.55. The summed E-state index contributed by atoms with van der Waals surface area (Å²) < 4.78 is 0. The van der Waals surface area contributed by atoms with Crippen LogP contribution in [0.1, 0.15) is 16.7 Å². The molecule has 0 radical (unpaired) electrons. The Balaban J connectivity index is 2.58. The van der Waals surface area contributed by atoms with Gasteiger partial charge in [-0.2, -0.15) is 0 Å². The third-order valence-corrected chi connectivity index (χ3v) is 2.55. The summed E-state index contributed by atoms with van der Waals surface area (Å²) in [5.41, 5.74) is 5.51. The third kappa shape index (κ3) is 1.02. The van der Waals surface area contributed by atoms with Crippen LogP contribution >= 0.6 is 0 Å². The minimum Gasteiger partial charge on any atom is -0.362 e. The molecule has 12 heavy (non-hydrogen) atoms. The molecule has 1 nitrogen and oxygen atoms in total. The molecule has 1 heteroatoms. The van der Waals surface area contributed by atoms with Crippen LogP contribution in [-0.4, -0.2) is 0 Å². The molecule has 1 N–H and O–H groups in total. The van der Waals surface area contributed by atoms with Crippen LogP contribution in [0.5, 0.6) is 0 Å². The smallest absolute Gasteiger partial charge is 0.0418 e. The van der Waals surface area contributed by atoms with E-state index in [-0.39, 0.29) is 0 Å². The second kappa shape index (κ2) is 2.67. The largest absolute Gasteiger partial charge is 0.362 e. The maximum atomic E-state index is 3.25. The van der Waals surface area contributed by atoms with Crippen molar-refractivity contribution in [1.29, 1.82) is 0 Å². The molecular formula is C11H13N. The maximum absolute atomic E-state index is 3.25. The van der Waals surface area contributed by atoms with Crippen LogP contribution in [0.15, 0.2) is 24.4 Å². The number of allylic oxidation sites excluding steroid dienone is 1. The summed E-state index contributed by atoms with van der Waals surface area (Å²) in [5.74, 6) is 0. The van der Waals surface area contributed by atoms with Crippen LogP contribution in [0.4, 0.5) is 5.69 Å². The van der Waals surface area contributed by atoms with E-state index in [1.165, 1.54) is 22.4 Å². The first-order valence-corrected chi connectivity index (χ1v) is 4.29. The fraction of sp³-hybridized carbons (Fsp3) is 0.273. The molecule has 0 spiro atoms. The first kappa shape index (κ1) is 7.41. The molecule has 0 amide bonds. The molecule has 0 unspecified atom stereocenters. The lowest BCUT2D eigenvalue weighted by Crippen LogP contribution is -2.02. The number of aryl methyl sites for hydroxylation is 1. The van der Waals surface area contributed by atoms with Gasteiger partial charge in [0.2, 0.25) is 0 Å². The highest BCUT2D eigenvalue weighted by Gasteiger charge is 2.07. The predicted octanol–water partition coefficient (Wildman–Crippen LogP) is 2.79. The second-order valence-electron chi connectivity index (χ2n) is 3.28. The molecule has 0 aliphatic carbocycles. The van der Waals surface area contributed by atoms with E-state index >= 15 is 0 Å². The van der Waals surface area contributed by atoms with Gasteiger partial charge in [-0.05, 0) is 49.2 Å². The summed E-state index contributed by atoms with van der Waals surface area (Å²) in [6, 6.07) is 4.32. The average Bonchev–Trinajstić information content (AvgIpc) is 2.12. The van der Waals surface area contributed by atoms with Gasteiger partial charge in [0.15, 0.2) is 0 Å². The van der Waals surface area contributed by atoms with E-state index in [4.69, 9.17) is 0 Å². The SMILES string of the molecule is Cc1ccc2c(c1C)CC=CN2. The molecule has 1 aromatic carbocycles. The molecule has 0 saturated carbocycles. The van der Waals surface area contributed by atoms with E-state index in [9.17, 15) is 0 Å². The minimum atomic E-state index is 1.07. The topological polar surface area (TPSA) is 12.0 Å². The molecule has 1 aliphatic rings.